The van der Waals surface area contributed by atoms with Crippen molar-refractivity contribution >= 4 is 0 Å². The molecular weight excluding hydrogens is 134 g/mol. The third kappa shape index (κ3) is 26.4. The van der Waals surface area contributed by atoms with Gasteiger partial charge in [0.25, 0.3) is 0 Å². The van der Waals surface area contributed by atoms with E-state index in [0.717, 1.165) is 12.5 Å². The number of hydrogen-bond acceptors (Lipinski definition) is 0. The molecule has 0 saturated heterocycles. The van der Waals surface area contributed by atoms with Crippen LogP contribution in [0.3, 0.4) is 0 Å². The summed E-state index contributed by atoms with van der Waals surface area (Å²) in [6, 6.07) is 0. The minimum atomic E-state index is -0.472. The van der Waals surface area contributed by atoms with E-state index in [1.54, 1.807) is 0 Å². The molecule has 0 fully saturated rings. The molecule has 0 aliphatic rings. The summed E-state index contributed by atoms with van der Waals surface area (Å²) in [6.45, 7) is 5.07. The number of hydrogen-bond donors (Lipinski definition) is 0. The predicted octanol–water partition coefficient (Wildman–Crippen LogP) is 3.41. The van der Waals surface area contributed by atoms with Crippen molar-refractivity contribution in [2.24, 2.45) is 0 Å². The highest BCUT2D eigenvalue weighted by molar-refractivity contribution is 4.70. The lowest BCUT2D eigenvalue weighted by molar-refractivity contribution is 0.499. The van der Waals surface area contributed by atoms with Gasteiger partial charge in [-0.3, -0.25) is 4.39 Å². The highest BCUT2D eigenvalue weighted by Crippen LogP contribution is 1.81. The van der Waals surface area contributed by atoms with Gasteiger partial charge in [0, 0.05) is 0 Å². The molecule has 0 spiro atoms. The van der Waals surface area contributed by atoms with Crippen LogP contribution in [-0.4, -0.2) is 6.67 Å². The van der Waals surface area contributed by atoms with Crippen molar-refractivity contribution in [1.29, 1.82) is 0 Å². The molecule has 0 aliphatic carbocycles. The minimum Gasteiger partial charge on any atom is -0.251 e. The molecule has 2 heteroatoms. The molecule has 0 atom stereocenters. The van der Waals surface area contributed by atoms with Gasteiger partial charge in [-0.1, -0.05) is 19.1 Å². The normalized spacial score (nSPS) is 8.70. The Kier molecular flexibility index (Phi) is 19.0. The predicted molar refractivity (Wildman–Crippen MR) is 41.3 cm³/mol. The second-order valence-corrected chi connectivity index (χ2v) is 1.54. The maximum absolute atomic E-state index is 11.0. The molecule has 0 radical (unpaired) electrons. The molecule has 0 nitrogen and oxygen atoms in total. The Morgan fingerprint density at radius 3 is 2.10 bits per heavy atom. The summed E-state index contributed by atoms with van der Waals surface area (Å²) in [6.07, 6.45) is 4.64. The van der Waals surface area contributed by atoms with Crippen LogP contribution in [0.1, 0.15) is 19.8 Å². The molecule has 0 aliphatic heterocycles. The number of alkyl halides is 1. The Bertz CT molecular complexity index is 77.3. The van der Waals surface area contributed by atoms with Gasteiger partial charge >= 0.3 is 0 Å². The molecule has 0 rings (SSSR count). The summed E-state index contributed by atoms with van der Waals surface area (Å²) >= 11 is 0. The van der Waals surface area contributed by atoms with Gasteiger partial charge in [-0.25, -0.2) is 4.39 Å². The van der Waals surface area contributed by atoms with Gasteiger partial charge in [-0.05, 0) is 12.8 Å². The van der Waals surface area contributed by atoms with Gasteiger partial charge in [0.1, 0.15) is 0 Å². The first-order valence-corrected chi connectivity index (χ1v) is 3.25. The monoisotopic (exact) mass is 148 g/mol. The van der Waals surface area contributed by atoms with Crippen molar-refractivity contribution in [3.8, 4) is 0 Å². The van der Waals surface area contributed by atoms with E-state index < -0.39 is 6.67 Å². The quantitative estimate of drug-likeness (QED) is 0.538. The van der Waals surface area contributed by atoms with Crippen LogP contribution < -0.4 is 0 Å². The maximum Gasteiger partial charge on any atom is 0.0929 e. The third-order valence-electron chi connectivity index (χ3n) is 0.654. The Morgan fingerprint density at radius 2 is 2.00 bits per heavy atom. The average Bonchev–Trinajstić information content (AvgIpc) is 2.01. The SMILES string of the molecule is C=CCC.FC=CCCF. The standard InChI is InChI=1S/C4H6F2.C4H8/c5-3-1-2-4-6;1-3-4-2/h1,3H,2,4H2;3H,1,4H2,2H3. The van der Waals surface area contributed by atoms with Gasteiger partial charge in [0.2, 0.25) is 0 Å². The Hall–Kier alpha value is -0.660. The van der Waals surface area contributed by atoms with Crippen LogP contribution in [0.2, 0.25) is 0 Å². The number of halogens is 2. The van der Waals surface area contributed by atoms with Crippen LogP contribution >= 0.6 is 0 Å². The fourth-order valence-electron chi connectivity index (χ4n) is 0.126. The lowest BCUT2D eigenvalue weighted by Gasteiger charge is -1.71. The first-order valence-electron chi connectivity index (χ1n) is 3.25. The molecule has 0 unspecified atom stereocenters. The van der Waals surface area contributed by atoms with E-state index in [9.17, 15) is 8.78 Å². The highest BCUT2D eigenvalue weighted by atomic mass is 19.1. The van der Waals surface area contributed by atoms with E-state index in [4.69, 9.17) is 0 Å². The molecule has 60 valence electrons. The smallest absolute Gasteiger partial charge is 0.0929 e. The van der Waals surface area contributed by atoms with Crippen molar-refractivity contribution in [1.82, 2.24) is 0 Å². The van der Waals surface area contributed by atoms with Crippen molar-refractivity contribution in [3.05, 3.63) is 25.1 Å². The lowest BCUT2D eigenvalue weighted by atomic mass is 10.5. The first-order chi connectivity index (χ1) is 4.83. The van der Waals surface area contributed by atoms with E-state index >= 15 is 0 Å². The molecule has 0 saturated carbocycles. The third-order valence-corrected chi connectivity index (χ3v) is 0.654. The molecule has 0 bridgehead atoms. The molecule has 10 heavy (non-hydrogen) atoms. The molecule has 0 N–H and O–H groups in total. The summed E-state index contributed by atoms with van der Waals surface area (Å²) in [4.78, 5) is 0. The fourth-order valence-corrected chi connectivity index (χ4v) is 0.126. The Labute approximate surface area is 61.3 Å². The summed E-state index contributed by atoms with van der Waals surface area (Å²) in [5.41, 5.74) is 0. The van der Waals surface area contributed by atoms with E-state index in [1.165, 1.54) is 0 Å². The van der Waals surface area contributed by atoms with Crippen LogP contribution in [0.4, 0.5) is 8.78 Å². The Balaban J connectivity index is 0. The zero-order valence-corrected chi connectivity index (χ0v) is 6.32. The molecule has 0 amide bonds. The fraction of sp³-hybridized carbons (Fsp3) is 0.500. The van der Waals surface area contributed by atoms with Crippen LogP contribution in [-0.2, 0) is 0 Å². The zero-order chi connectivity index (χ0) is 8.24. The molecule has 0 aromatic carbocycles. The van der Waals surface area contributed by atoms with E-state index in [-0.39, 0.29) is 6.42 Å². The van der Waals surface area contributed by atoms with Gasteiger partial charge < -0.3 is 0 Å². The van der Waals surface area contributed by atoms with Gasteiger partial charge in [0.15, 0.2) is 0 Å². The minimum absolute atomic E-state index is 0.191. The van der Waals surface area contributed by atoms with Crippen molar-refractivity contribution < 1.29 is 8.78 Å². The average molecular weight is 148 g/mol. The lowest BCUT2D eigenvalue weighted by Crippen LogP contribution is -1.63. The summed E-state index contributed by atoms with van der Waals surface area (Å²) < 4.78 is 21.8. The Morgan fingerprint density at radius 1 is 1.50 bits per heavy atom. The van der Waals surface area contributed by atoms with Crippen molar-refractivity contribution in [2.75, 3.05) is 6.67 Å². The molecule has 0 aromatic rings. The zero-order valence-electron chi connectivity index (χ0n) is 6.32. The second kappa shape index (κ2) is 15.8. The summed E-state index contributed by atoms with van der Waals surface area (Å²) in [5.74, 6) is 0. The van der Waals surface area contributed by atoms with E-state index in [0.29, 0.717) is 6.33 Å². The topological polar surface area (TPSA) is 0 Å². The van der Waals surface area contributed by atoms with Crippen LogP contribution in [0.15, 0.2) is 25.1 Å². The second-order valence-electron chi connectivity index (χ2n) is 1.54. The van der Waals surface area contributed by atoms with Crippen LogP contribution in [0.25, 0.3) is 0 Å². The molecule has 0 heterocycles. The number of allylic oxidation sites excluding steroid dienone is 2. The molecule has 0 aromatic heterocycles. The van der Waals surface area contributed by atoms with E-state index in [1.807, 2.05) is 6.08 Å². The van der Waals surface area contributed by atoms with Crippen molar-refractivity contribution in [2.45, 2.75) is 19.8 Å². The molecular formula is C8H14F2. The first kappa shape index (κ1) is 12.1. The largest absolute Gasteiger partial charge is 0.251 e. The number of rotatable bonds is 3. The van der Waals surface area contributed by atoms with Crippen LogP contribution in [0.5, 0.6) is 0 Å². The summed E-state index contributed by atoms with van der Waals surface area (Å²) in [5, 5.41) is 0. The van der Waals surface area contributed by atoms with Gasteiger partial charge in [-0.2, -0.15) is 0 Å². The van der Waals surface area contributed by atoms with Crippen molar-refractivity contribution in [3.63, 3.8) is 0 Å². The highest BCUT2D eigenvalue weighted by Gasteiger charge is 1.70. The van der Waals surface area contributed by atoms with Gasteiger partial charge in [0.05, 0.1) is 13.0 Å². The summed E-state index contributed by atoms with van der Waals surface area (Å²) in [7, 11) is 0. The maximum atomic E-state index is 11.0. The van der Waals surface area contributed by atoms with E-state index in [2.05, 4.69) is 13.5 Å². The van der Waals surface area contributed by atoms with Crippen LogP contribution in [0, 0.1) is 0 Å². The van der Waals surface area contributed by atoms with Gasteiger partial charge in [-0.15, -0.1) is 6.58 Å².